The first-order valence-electron chi connectivity index (χ1n) is 10.3. The molecule has 150 valence electrons. The molecule has 1 saturated heterocycles. The van der Waals surface area contributed by atoms with Crippen LogP contribution in [0.15, 0.2) is 0 Å². The molecular formula is C20H30N2O5. The van der Waals surface area contributed by atoms with Crippen molar-refractivity contribution in [2.75, 3.05) is 32.8 Å². The topological polar surface area (TPSA) is 84.9 Å². The van der Waals surface area contributed by atoms with Crippen LogP contribution in [0.25, 0.3) is 0 Å². The number of morpholine rings is 1. The summed E-state index contributed by atoms with van der Waals surface area (Å²) in [5, 5.41) is 2.79. The van der Waals surface area contributed by atoms with E-state index < -0.39 is 5.97 Å². The lowest BCUT2D eigenvalue weighted by atomic mass is 9.49. The smallest absolute Gasteiger partial charge is 0.325 e. The predicted molar refractivity (Wildman–Crippen MR) is 96.6 cm³/mol. The molecule has 0 aromatic rings. The van der Waals surface area contributed by atoms with Gasteiger partial charge >= 0.3 is 5.97 Å². The van der Waals surface area contributed by atoms with Crippen molar-refractivity contribution < 1.29 is 23.9 Å². The Morgan fingerprint density at radius 3 is 2.33 bits per heavy atom. The zero-order valence-electron chi connectivity index (χ0n) is 16.1. The Balaban J connectivity index is 1.21. The minimum Gasteiger partial charge on any atom is -0.454 e. The van der Waals surface area contributed by atoms with Gasteiger partial charge in [0.25, 0.3) is 5.91 Å². The molecule has 0 radical (unpaired) electrons. The van der Waals surface area contributed by atoms with Gasteiger partial charge in [-0.25, -0.2) is 0 Å². The zero-order valence-corrected chi connectivity index (χ0v) is 16.1. The number of amides is 2. The van der Waals surface area contributed by atoms with Crippen LogP contribution in [0.5, 0.6) is 0 Å². The first-order chi connectivity index (χ1) is 12.9. The van der Waals surface area contributed by atoms with Crippen molar-refractivity contribution in [3.05, 3.63) is 0 Å². The molecule has 4 aliphatic carbocycles. The highest BCUT2D eigenvalue weighted by Crippen LogP contribution is 2.60. The number of carbonyl (C=O) groups excluding carboxylic acids is 3. The highest BCUT2D eigenvalue weighted by molar-refractivity contribution is 5.87. The van der Waals surface area contributed by atoms with E-state index in [1.807, 2.05) is 6.92 Å². The van der Waals surface area contributed by atoms with E-state index in [2.05, 4.69) is 5.32 Å². The molecule has 0 aromatic heterocycles. The molecule has 0 aromatic carbocycles. The molecule has 7 nitrogen and oxygen atoms in total. The molecule has 5 fully saturated rings. The summed E-state index contributed by atoms with van der Waals surface area (Å²) in [6.07, 6.45) is 6.72. The average Bonchev–Trinajstić information content (AvgIpc) is 2.63. The Morgan fingerprint density at radius 1 is 1.11 bits per heavy atom. The van der Waals surface area contributed by atoms with Crippen LogP contribution in [0, 0.1) is 23.2 Å². The van der Waals surface area contributed by atoms with Crippen molar-refractivity contribution in [3.8, 4) is 0 Å². The van der Waals surface area contributed by atoms with Gasteiger partial charge in [0.2, 0.25) is 5.91 Å². The first kappa shape index (κ1) is 18.7. The fourth-order valence-electron chi connectivity index (χ4n) is 6.06. The second-order valence-corrected chi connectivity index (χ2v) is 9.06. The summed E-state index contributed by atoms with van der Waals surface area (Å²) in [6, 6.07) is 0. The van der Waals surface area contributed by atoms with Crippen molar-refractivity contribution in [3.63, 3.8) is 0 Å². The van der Waals surface area contributed by atoms with E-state index in [-0.39, 0.29) is 36.5 Å². The predicted octanol–water partition coefficient (Wildman–Crippen LogP) is 1.11. The molecule has 2 amide bonds. The molecule has 5 rings (SSSR count). The lowest BCUT2D eigenvalue weighted by Crippen LogP contribution is -2.54. The molecule has 4 saturated carbocycles. The number of carbonyl (C=O) groups is 3. The van der Waals surface area contributed by atoms with Gasteiger partial charge in [-0.3, -0.25) is 14.4 Å². The molecular weight excluding hydrogens is 348 g/mol. The van der Waals surface area contributed by atoms with E-state index in [0.29, 0.717) is 37.5 Å². The van der Waals surface area contributed by atoms with Crippen LogP contribution in [0.4, 0.5) is 0 Å². The van der Waals surface area contributed by atoms with Crippen LogP contribution in [0.2, 0.25) is 0 Å². The van der Waals surface area contributed by atoms with Gasteiger partial charge in [-0.1, -0.05) is 0 Å². The average molecular weight is 378 g/mol. The van der Waals surface area contributed by atoms with Gasteiger partial charge in [-0.05, 0) is 63.2 Å². The molecule has 5 aliphatic rings. The van der Waals surface area contributed by atoms with Crippen molar-refractivity contribution in [1.82, 2.24) is 10.2 Å². The molecule has 1 aliphatic heterocycles. The minimum absolute atomic E-state index is 0.00188. The molecule has 4 bridgehead atoms. The van der Waals surface area contributed by atoms with Crippen LogP contribution in [-0.4, -0.2) is 61.6 Å². The van der Waals surface area contributed by atoms with Gasteiger partial charge in [-0.15, -0.1) is 0 Å². The van der Waals surface area contributed by atoms with E-state index in [4.69, 9.17) is 9.47 Å². The summed E-state index contributed by atoms with van der Waals surface area (Å²) in [6.45, 7) is 3.00. The number of hydrogen-bond acceptors (Lipinski definition) is 5. The number of rotatable bonds is 5. The zero-order chi connectivity index (χ0) is 19.0. The van der Waals surface area contributed by atoms with Crippen LogP contribution in [0.1, 0.15) is 45.4 Å². The third-order valence-electron chi connectivity index (χ3n) is 6.86. The number of esters is 1. The van der Waals surface area contributed by atoms with E-state index in [1.165, 1.54) is 19.3 Å². The summed E-state index contributed by atoms with van der Waals surface area (Å²) in [5.74, 6) is 1.29. The van der Waals surface area contributed by atoms with Crippen molar-refractivity contribution >= 4 is 17.8 Å². The third kappa shape index (κ3) is 3.98. The normalized spacial score (nSPS) is 37.1. The molecule has 7 heteroatoms. The van der Waals surface area contributed by atoms with Gasteiger partial charge in [0.15, 0.2) is 6.61 Å². The van der Waals surface area contributed by atoms with Gasteiger partial charge in [0.1, 0.15) is 6.54 Å². The molecule has 1 atom stereocenters. The van der Waals surface area contributed by atoms with Crippen molar-refractivity contribution in [1.29, 1.82) is 0 Å². The van der Waals surface area contributed by atoms with Gasteiger partial charge in [0, 0.05) is 18.5 Å². The van der Waals surface area contributed by atoms with Crippen LogP contribution >= 0.6 is 0 Å². The second-order valence-electron chi connectivity index (χ2n) is 9.06. The lowest BCUT2D eigenvalue weighted by Gasteiger charge is -2.55. The Labute approximate surface area is 160 Å². The Morgan fingerprint density at radius 2 is 1.74 bits per heavy atom. The molecule has 1 unspecified atom stereocenters. The van der Waals surface area contributed by atoms with Crippen molar-refractivity contribution in [2.24, 2.45) is 23.2 Å². The number of nitrogens with zero attached hydrogens (tertiary/aromatic N) is 1. The maximum absolute atomic E-state index is 12.8. The largest absolute Gasteiger partial charge is 0.454 e. The fourth-order valence-corrected chi connectivity index (χ4v) is 6.06. The Hall–Kier alpha value is -1.63. The fraction of sp³-hybridized carbons (Fsp3) is 0.850. The lowest BCUT2D eigenvalue weighted by molar-refractivity contribution is -0.156. The van der Waals surface area contributed by atoms with E-state index in [1.54, 1.807) is 4.90 Å². The summed E-state index contributed by atoms with van der Waals surface area (Å²) < 4.78 is 10.5. The molecule has 1 heterocycles. The van der Waals surface area contributed by atoms with Gasteiger partial charge < -0.3 is 19.7 Å². The van der Waals surface area contributed by atoms with Gasteiger partial charge in [0.05, 0.1) is 12.7 Å². The van der Waals surface area contributed by atoms with Crippen LogP contribution < -0.4 is 5.32 Å². The van der Waals surface area contributed by atoms with E-state index in [0.717, 1.165) is 19.3 Å². The first-order valence-corrected chi connectivity index (χ1v) is 10.3. The van der Waals surface area contributed by atoms with Gasteiger partial charge in [-0.2, -0.15) is 0 Å². The summed E-state index contributed by atoms with van der Waals surface area (Å²) in [4.78, 5) is 38.6. The maximum Gasteiger partial charge on any atom is 0.325 e. The van der Waals surface area contributed by atoms with Crippen LogP contribution in [-0.2, 0) is 23.9 Å². The Bertz CT molecular complexity index is 584. The molecule has 1 N–H and O–H groups in total. The van der Waals surface area contributed by atoms with Crippen LogP contribution in [0.3, 0.4) is 0 Å². The number of nitrogens with one attached hydrogen (secondary N) is 1. The second kappa shape index (κ2) is 7.41. The quantitative estimate of drug-likeness (QED) is 0.725. The van der Waals surface area contributed by atoms with E-state index >= 15 is 0 Å². The highest BCUT2D eigenvalue weighted by Gasteiger charge is 2.54. The maximum atomic E-state index is 12.8. The Kier molecular flexibility index (Phi) is 5.14. The number of ether oxygens (including phenoxy) is 2. The number of hydrogen-bond donors (Lipinski definition) is 1. The summed E-state index contributed by atoms with van der Waals surface area (Å²) >= 11 is 0. The minimum atomic E-state index is -0.553. The molecule has 0 spiro atoms. The summed E-state index contributed by atoms with van der Waals surface area (Å²) in [5.41, 5.74) is -0.269. The SMILES string of the molecule is CC1CN(C(=O)COC(=O)CNC(=O)C23CC4CC(CC(C4)C2)C3)CCO1. The van der Waals surface area contributed by atoms with Crippen molar-refractivity contribution in [2.45, 2.75) is 51.6 Å². The monoisotopic (exact) mass is 378 g/mol. The van der Waals surface area contributed by atoms with E-state index in [9.17, 15) is 14.4 Å². The molecule has 27 heavy (non-hydrogen) atoms. The highest BCUT2D eigenvalue weighted by atomic mass is 16.5. The summed E-state index contributed by atoms with van der Waals surface area (Å²) in [7, 11) is 0. The standard InChI is InChI=1S/C20H30N2O5/c1-13-11-22(2-3-26-13)17(23)12-27-18(24)10-21-19(25)20-7-14-4-15(8-20)6-16(5-14)9-20/h13-16H,2-12H2,1H3,(H,21,25). The third-order valence-corrected chi connectivity index (χ3v) is 6.86.